The first-order valence-corrected chi connectivity index (χ1v) is 25.0. The van der Waals surface area contributed by atoms with Gasteiger partial charge in [-0.3, -0.25) is 18.5 Å². The number of nitrogens with zero attached hydrogens (tertiary/aromatic N) is 8. The van der Waals surface area contributed by atoms with Crippen molar-refractivity contribution in [3.63, 3.8) is 0 Å². The number of carbonyl (C=O) groups excluding carboxylic acids is 1. The van der Waals surface area contributed by atoms with Gasteiger partial charge in [-0.25, -0.2) is 24.3 Å². The quantitative estimate of drug-likeness (QED) is 0.0253. The number of benzene rings is 1. The first kappa shape index (κ1) is 67.2. The fourth-order valence-electron chi connectivity index (χ4n) is 6.30. The van der Waals surface area contributed by atoms with E-state index in [2.05, 4.69) is 63.1 Å². The van der Waals surface area contributed by atoms with Crippen molar-refractivity contribution in [2.75, 3.05) is 67.0 Å². The Hall–Kier alpha value is -4.78. The second-order valence-electron chi connectivity index (χ2n) is 15.2. The van der Waals surface area contributed by atoms with Crippen LogP contribution < -0.4 is 39.0 Å². The first-order valence-electron chi connectivity index (χ1n) is 21.3. The summed E-state index contributed by atoms with van der Waals surface area (Å²) in [5.41, 5.74) is 10.4. The van der Waals surface area contributed by atoms with Crippen LogP contribution in [0.25, 0.3) is 10.9 Å². The van der Waals surface area contributed by atoms with E-state index in [9.17, 15) is 23.8 Å². The van der Waals surface area contributed by atoms with E-state index in [1.807, 2.05) is 44.4 Å². The number of nitriles is 1. The van der Waals surface area contributed by atoms with Crippen LogP contribution in [0.5, 0.6) is 0 Å². The summed E-state index contributed by atoms with van der Waals surface area (Å²) >= 11 is 6.13. The minimum Gasteiger partial charge on any atom is -0.766 e. The van der Waals surface area contributed by atoms with E-state index >= 15 is 0 Å². The molecule has 0 bridgehead atoms. The maximum atomic E-state index is 12.5. The molecule has 2 saturated heterocycles. The Labute approximate surface area is 426 Å². The number of rotatable bonds is 19. The number of aliphatic imine (C=N–C) groups is 1. The van der Waals surface area contributed by atoms with Crippen LogP contribution in [0.15, 0.2) is 69.6 Å². The normalized spacial score (nSPS) is 18.6. The summed E-state index contributed by atoms with van der Waals surface area (Å²) in [7, 11) is 0.506. The van der Waals surface area contributed by atoms with Crippen molar-refractivity contribution < 1.29 is 52.1 Å². The van der Waals surface area contributed by atoms with E-state index in [-0.39, 0.29) is 53.1 Å². The molecule has 0 spiro atoms. The number of para-hydroxylation sites is 1. The number of quaternary nitrogens is 1. The smallest absolute Gasteiger partial charge is 0.351 e. The fourth-order valence-corrected chi connectivity index (χ4v) is 9.63. The van der Waals surface area contributed by atoms with Crippen molar-refractivity contribution in [1.82, 2.24) is 44.9 Å². The Bertz CT molecular complexity index is 2430. The number of halogens is 1. The highest BCUT2D eigenvalue weighted by Crippen LogP contribution is 2.49. The summed E-state index contributed by atoms with van der Waals surface area (Å²) in [6.07, 6.45) is 3.50. The van der Waals surface area contributed by atoms with Crippen molar-refractivity contribution in [3.8, 4) is 6.07 Å². The predicted molar refractivity (Wildman–Crippen MR) is 275 cm³/mol. The van der Waals surface area contributed by atoms with Crippen molar-refractivity contribution in [2.45, 2.75) is 98.6 Å². The third kappa shape index (κ3) is 21.4. The highest BCUT2D eigenvalue weighted by atomic mass is 35.7. The van der Waals surface area contributed by atoms with E-state index in [0.29, 0.717) is 30.9 Å². The SMILES string of the molecule is C.C.CC(C)N(C(C)C)P(Cl)OCCC#N.CN.CN(C)C=Nc1ccn([C@@H]2COC(CO)O2)c(=O)n1.COC(=O)C(Cc1c[nH]c2ccccc12)NP(=O)([O-])OCC1OC[C@@H](n2ccc(N)nc2=O)O1.[NH4+]. The van der Waals surface area contributed by atoms with Gasteiger partial charge in [0.05, 0.1) is 52.4 Å². The number of methoxy groups -OCH3 is 1. The molecule has 2 aliphatic rings. The Morgan fingerprint density at radius 2 is 1.65 bits per heavy atom. The number of esters is 1. The molecule has 0 aliphatic carbocycles. The number of anilines is 1. The molecule has 11 N–H and O–H groups in total. The summed E-state index contributed by atoms with van der Waals surface area (Å²) in [5, 5.41) is 20.3. The van der Waals surface area contributed by atoms with E-state index in [1.165, 1.54) is 28.4 Å². The van der Waals surface area contributed by atoms with Crippen molar-refractivity contribution in [3.05, 3.63) is 81.5 Å². The summed E-state index contributed by atoms with van der Waals surface area (Å²) in [6.45, 7) is 8.20. The lowest BCUT2D eigenvalue weighted by Gasteiger charge is -2.32. The number of nitrogen functional groups attached to an aromatic ring is 1. The second kappa shape index (κ2) is 33.9. The molecule has 1 aromatic carbocycles. The number of fused-ring (bicyclic) bond motifs is 1. The molecule has 0 amide bonds. The van der Waals surface area contributed by atoms with Crippen LogP contribution in [-0.4, -0.2) is 143 Å². The van der Waals surface area contributed by atoms with Gasteiger partial charge in [-0.1, -0.05) is 33.1 Å². The highest BCUT2D eigenvalue weighted by Gasteiger charge is 2.32. The van der Waals surface area contributed by atoms with Gasteiger partial charge in [0.2, 0.25) is 15.4 Å². The van der Waals surface area contributed by atoms with Crippen LogP contribution in [-0.2, 0) is 48.5 Å². The molecular weight excluding hydrogens is 1000 g/mol. The van der Waals surface area contributed by atoms with E-state index < -0.39 is 70.4 Å². The minimum atomic E-state index is -4.72. The number of aliphatic hydroxyl groups excluding tert-OH is 1. The number of nitrogens with one attached hydrogen (secondary N) is 2. The van der Waals surface area contributed by atoms with Gasteiger partial charge < -0.3 is 70.2 Å². The van der Waals surface area contributed by atoms with Crippen LogP contribution in [0.3, 0.4) is 0 Å². The number of aromatic nitrogens is 5. The first-order chi connectivity index (χ1) is 32.9. The van der Waals surface area contributed by atoms with Gasteiger partial charge in [-0.05, 0) is 69.7 Å². The molecular formula is C43H74ClN13O13P2. The Morgan fingerprint density at radius 1 is 1.07 bits per heavy atom. The maximum Gasteiger partial charge on any atom is 0.351 e. The van der Waals surface area contributed by atoms with E-state index in [0.717, 1.165) is 23.6 Å². The molecule has 5 heterocycles. The molecule has 0 saturated carbocycles. The van der Waals surface area contributed by atoms with Crippen LogP contribution in [0.2, 0.25) is 0 Å². The predicted octanol–water partition coefficient (Wildman–Crippen LogP) is 4.09. The average molecular weight is 1080 g/mol. The number of H-pyrrole nitrogens is 1. The number of hydrogen-bond donors (Lipinski definition) is 6. The molecule has 4 aromatic rings. The molecule has 6 rings (SSSR count). The van der Waals surface area contributed by atoms with Gasteiger partial charge in [0, 0.05) is 62.1 Å². The largest absolute Gasteiger partial charge is 0.766 e. The number of nitrogens with two attached hydrogens (primary N) is 2. The fraction of sp³-hybridized carbons (Fsp3) is 0.558. The van der Waals surface area contributed by atoms with Crippen LogP contribution in [0, 0.1) is 11.3 Å². The van der Waals surface area contributed by atoms with Gasteiger partial charge in [-0.15, -0.1) is 0 Å². The van der Waals surface area contributed by atoms with Gasteiger partial charge in [0.1, 0.15) is 18.5 Å². The van der Waals surface area contributed by atoms with Crippen LogP contribution in [0.4, 0.5) is 11.6 Å². The molecule has 0 radical (unpaired) electrons. The summed E-state index contributed by atoms with van der Waals surface area (Å²) < 4.78 is 53.6. The lowest BCUT2D eigenvalue weighted by Crippen LogP contribution is -2.41. The molecule has 7 atom stereocenters. The zero-order valence-corrected chi connectivity index (χ0v) is 43.2. The lowest BCUT2D eigenvalue weighted by molar-refractivity contribution is -0.210. The highest BCUT2D eigenvalue weighted by molar-refractivity contribution is 7.78. The van der Waals surface area contributed by atoms with Crippen LogP contribution >= 0.6 is 26.6 Å². The van der Waals surface area contributed by atoms with Crippen molar-refractivity contribution in [2.24, 2.45) is 10.7 Å². The van der Waals surface area contributed by atoms with Crippen molar-refractivity contribution >= 4 is 61.5 Å². The van der Waals surface area contributed by atoms with Gasteiger partial charge >= 0.3 is 17.3 Å². The lowest BCUT2D eigenvalue weighted by atomic mass is 10.1. The van der Waals surface area contributed by atoms with Crippen molar-refractivity contribution in [1.29, 1.82) is 5.26 Å². The summed E-state index contributed by atoms with van der Waals surface area (Å²) in [6, 6.07) is 12.0. The molecule has 29 heteroatoms. The molecule has 2 fully saturated rings. The zero-order chi connectivity index (χ0) is 51.3. The number of aromatic amines is 1. The molecule has 72 heavy (non-hydrogen) atoms. The zero-order valence-electron chi connectivity index (χ0n) is 40.6. The number of carbonyl (C=O) groups is 1. The van der Waals surface area contributed by atoms with Gasteiger partial charge in [0.25, 0.3) is 0 Å². The number of aliphatic hydroxyl groups is 1. The third-order valence-electron chi connectivity index (χ3n) is 9.26. The maximum absolute atomic E-state index is 12.5. The number of hydrogen-bond acceptors (Lipinski definition) is 20. The Kier molecular flexibility index (Phi) is 31.6. The summed E-state index contributed by atoms with van der Waals surface area (Å²) in [4.78, 5) is 64.8. The molecule has 26 nitrogen and oxygen atoms in total. The summed E-state index contributed by atoms with van der Waals surface area (Å²) in [5.74, 6) is -0.382. The van der Waals surface area contributed by atoms with Gasteiger partial charge in [0.15, 0.2) is 30.9 Å². The monoisotopic (exact) mass is 1080 g/mol. The van der Waals surface area contributed by atoms with E-state index in [1.54, 1.807) is 29.7 Å². The van der Waals surface area contributed by atoms with Crippen LogP contribution in [0.1, 0.15) is 67.0 Å². The second-order valence-corrected chi connectivity index (χ2v) is 18.8. The third-order valence-corrected chi connectivity index (χ3v) is 12.9. The Morgan fingerprint density at radius 3 is 2.19 bits per heavy atom. The minimum absolute atomic E-state index is 0. The van der Waals surface area contributed by atoms with E-state index in [4.69, 9.17) is 60.1 Å². The standard InChI is InChI=1S/C20H24N5O8P.C11H16N4O4.C9H18ClN2OP.CH5N.2CH4.H3N/c1-30-19(26)15(8-12-9-22-14-5-3-2-4-13(12)14)24-34(28,29)32-11-18-31-10-17(33-18)25-7-6-16(21)23-20(25)27;1-14(2)7-12-8-3-4-15(11(17)13-8)9-6-18-10(5-16)19-9;1-8(2)12(9(3)4)14(10)13-7-5-6-11;1-2;;;/h2-7,9,15,17-18,22H,8,10-11H2,1H3,(H2,21,23,27)(H2,24,28,29);3-4,7,9-10,16H,5-6H2,1-2H3;8-9H,5,7H2,1-4H3;2H2,1H3;2*1H4;1H3/t15?,17-,18?;9-,10?;;;;;/m00...../s1. The molecule has 406 valence electrons. The molecule has 3 aromatic heterocycles. The molecule has 2 aliphatic heterocycles. The van der Waals surface area contributed by atoms with Gasteiger partial charge in [-0.2, -0.15) is 15.2 Å². The topological polar surface area (TPSA) is 371 Å². The number of ether oxygens (including phenoxy) is 5. The molecule has 5 unspecified atom stereocenters. The Balaban J connectivity index is 0.00000113. The average Bonchev–Trinajstić information content (AvgIpc) is 4.09.